The summed E-state index contributed by atoms with van der Waals surface area (Å²) in [6, 6.07) is 6.45. The zero-order valence-corrected chi connectivity index (χ0v) is 40.8. The van der Waals surface area contributed by atoms with Crippen molar-refractivity contribution >= 4 is 29.8 Å². The maximum Gasteiger partial charge on any atom is 0.329 e. The number of nitrogens with one attached hydrogen (secondary N) is 1. The van der Waals surface area contributed by atoms with Crippen molar-refractivity contribution in [3.63, 3.8) is 0 Å². The molecular weight excluding hydrogens is 821 g/mol. The van der Waals surface area contributed by atoms with Gasteiger partial charge in [0, 0.05) is 12.8 Å². The molecule has 11 heteroatoms. The number of carboxylic acid groups (broad SMARTS) is 1. The predicted octanol–water partition coefficient (Wildman–Crippen LogP) is 11.8. The summed E-state index contributed by atoms with van der Waals surface area (Å²) in [6.07, 6.45) is 33.8. The van der Waals surface area contributed by atoms with Gasteiger partial charge in [0.2, 0.25) is 5.91 Å². The topological polar surface area (TPSA) is 149 Å². The Labute approximate surface area is 392 Å². The van der Waals surface area contributed by atoms with Crippen LogP contribution in [0.1, 0.15) is 213 Å². The van der Waals surface area contributed by atoms with Crippen molar-refractivity contribution in [3.05, 3.63) is 48.0 Å². The number of carbonyl (C=O) groups excluding carboxylic acids is 4. The minimum absolute atomic E-state index is 0.0114. The molecule has 0 bridgehead atoms. The van der Waals surface area contributed by atoms with Gasteiger partial charge in [-0.25, -0.2) is 4.79 Å². The number of aliphatic carboxylic acids is 1. The lowest BCUT2D eigenvalue weighted by Crippen LogP contribution is -2.55. The predicted molar refractivity (Wildman–Crippen MR) is 258 cm³/mol. The number of carboxylic acids is 1. The molecule has 2 N–H and O–H groups in total. The van der Waals surface area contributed by atoms with E-state index in [1.807, 2.05) is 42.5 Å². The normalized spacial score (nSPS) is 18.0. The summed E-state index contributed by atoms with van der Waals surface area (Å²) < 4.78 is 17.2. The quantitative estimate of drug-likeness (QED) is 0.0283. The van der Waals surface area contributed by atoms with E-state index in [2.05, 4.69) is 19.2 Å². The van der Waals surface area contributed by atoms with Gasteiger partial charge in [-0.3, -0.25) is 24.5 Å². The molecule has 1 aromatic rings. The molecule has 1 fully saturated rings. The molecule has 1 saturated heterocycles. The second-order valence-corrected chi connectivity index (χ2v) is 18.9. The summed E-state index contributed by atoms with van der Waals surface area (Å²) in [5.74, 6) is -2.88. The molecule has 2 aliphatic rings. The van der Waals surface area contributed by atoms with Crippen molar-refractivity contribution < 1.29 is 43.3 Å². The number of amides is 1. The van der Waals surface area contributed by atoms with Crippen LogP contribution in [0.5, 0.6) is 0 Å². The van der Waals surface area contributed by atoms with Crippen LogP contribution < -0.4 is 5.32 Å². The number of aryl methyl sites for hydroxylation is 1. The summed E-state index contributed by atoms with van der Waals surface area (Å²) >= 11 is 0. The van der Waals surface area contributed by atoms with Crippen molar-refractivity contribution in [2.24, 2.45) is 5.92 Å². The van der Waals surface area contributed by atoms with Crippen LogP contribution >= 0.6 is 0 Å². The molecule has 6 atom stereocenters. The SMILES string of the molecule is CCCCCCCCCCCCCCCC(=O)OCC(COC(=O)CCCCCCCCCCCCC)OC(=O)[C@@H]1C[C@@H]2CC=C[C@H]2N1C(=O)C(C)NC(CCc1ccccc1)C(=O)O. The number of ether oxygens (including phenoxy) is 3. The average Bonchev–Trinajstić information content (AvgIpc) is 3.91. The maximum atomic E-state index is 14.2. The lowest BCUT2D eigenvalue weighted by molar-refractivity contribution is -0.171. The Hall–Kier alpha value is -3.73. The summed E-state index contributed by atoms with van der Waals surface area (Å²) in [7, 11) is 0. The van der Waals surface area contributed by atoms with E-state index in [9.17, 15) is 29.1 Å². The van der Waals surface area contributed by atoms with Gasteiger partial charge in [-0.15, -0.1) is 0 Å². The number of rotatable bonds is 39. The first-order chi connectivity index (χ1) is 31.6. The van der Waals surface area contributed by atoms with E-state index in [1.54, 1.807) is 6.92 Å². The van der Waals surface area contributed by atoms with Crippen LogP contribution in [0.2, 0.25) is 0 Å². The Balaban J connectivity index is 1.52. The van der Waals surface area contributed by atoms with Crippen LogP contribution in [0.4, 0.5) is 0 Å². The standard InChI is InChI=1S/C54H88N2O9/c1-4-6-8-10-12-14-16-17-19-21-23-25-30-37-51(58)64-42-46(41-63-50(57)36-29-24-22-20-18-15-13-11-9-7-5-2)65-54(62)49-40-45-34-31-35-48(45)56(49)52(59)43(3)55-47(53(60)61)39-38-44-32-27-26-28-33-44/h26-28,31-33,35,43,45-49,55H,4-25,29-30,34,36-42H2,1-3H3,(H,60,61)/t43?,45-,46?,47?,48+,49-/m0/s1. The van der Waals surface area contributed by atoms with Crippen molar-refractivity contribution in [2.45, 2.75) is 244 Å². The fourth-order valence-corrected chi connectivity index (χ4v) is 9.29. The number of hydrogen-bond acceptors (Lipinski definition) is 9. The number of nitrogens with zero attached hydrogens (tertiary/aromatic N) is 1. The molecule has 1 aliphatic carbocycles. The second kappa shape index (κ2) is 34.6. The summed E-state index contributed by atoms with van der Waals surface area (Å²) in [6.45, 7) is 5.58. The lowest BCUT2D eigenvalue weighted by atomic mass is 10.0. The van der Waals surface area contributed by atoms with Crippen molar-refractivity contribution in [3.8, 4) is 0 Å². The van der Waals surface area contributed by atoms with Gasteiger partial charge >= 0.3 is 23.9 Å². The third-order valence-corrected chi connectivity index (χ3v) is 13.3. The molecule has 0 aromatic heterocycles. The molecule has 0 saturated carbocycles. The molecule has 3 unspecified atom stereocenters. The van der Waals surface area contributed by atoms with E-state index in [1.165, 1.54) is 108 Å². The van der Waals surface area contributed by atoms with Crippen LogP contribution in [-0.2, 0) is 44.6 Å². The van der Waals surface area contributed by atoms with Crippen LogP contribution in [0.3, 0.4) is 0 Å². The molecule has 368 valence electrons. The van der Waals surface area contributed by atoms with Gasteiger partial charge in [0.05, 0.1) is 12.1 Å². The maximum absolute atomic E-state index is 14.2. The molecule has 0 spiro atoms. The van der Waals surface area contributed by atoms with Gasteiger partial charge in [0.15, 0.2) is 6.10 Å². The highest BCUT2D eigenvalue weighted by molar-refractivity contribution is 5.89. The average molecular weight is 909 g/mol. The zero-order valence-electron chi connectivity index (χ0n) is 40.8. The second-order valence-electron chi connectivity index (χ2n) is 18.9. The molecule has 1 amide bonds. The highest BCUT2D eigenvalue weighted by Gasteiger charge is 2.49. The Kier molecular flexibility index (Phi) is 29.6. The van der Waals surface area contributed by atoms with Gasteiger partial charge in [0.1, 0.15) is 25.3 Å². The third-order valence-electron chi connectivity index (χ3n) is 13.3. The van der Waals surface area contributed by atoms with Gasteiger partial charge in [-0.1, -0.05) is 198 Å². The molecule has 3 rings (SSSR count). The highest BCUT2D eigenvalue weighted by Crippen LogP contribution is 2.38. The summed E-state index contributed by atoms with van der Waals surface area (Å²) in [4.78, 5) is 67.8. The van der Waals surface area contributed by atoms with E-state index in [-0.39, 0.29) is 50.4 Å². The Bertz CT molecular complexity index is 1500. The van der Waals surface area contributed by atoms with E-state index >= 15 is 0 Å². The van der Waals surface area contributed by atoms with Gasteiger partial charge in [-0.05, 0) is 56.9 Å². The van der Waals surface area contributed by atoms with Gasteiger partial charge < -0.3 is 24.2 Å². The third kappa shape index (κ3) is 23.5. The monoisotopic (exact) mass is 909 g/mol. The minimum atomic E-state index is -1.05. The van der Waals surface area contributed by atoms with Crippen molar-refractivity contribution in [2.75, 3.05) is 13.2 Å². The zero-order chi connectivity index (χ0) is 46.9. The summed E-state index contributed by atoms with van der Waals surface area (Å²) in [5, 5.41) is 13.1. The number of benzene rings is 1. The van der Waals surface area contributed by atoms with Crippen LogP contribution in [0.25, 0.3) is 0 Å². The smallest absolute Gasteiger partial charge is 0.329 e. The first-order valence-electron chi connectivity index (χ1n) is 26.2. The molecule has 0 radical (unpaired) electrons. The Morgan fingerprint density at radius 2 is 1.14 bits per heavy atom. The van der Waals surface area contributed by atoms with Gasteiger partial charge in [-0.2, -0.15) is 0 Å². The molecule has 65 heavy (non-hydrogen) atoms. The van der Waals surface area contributed by atoms with Crippen LogP contribution in [0.15, 0.2) is 42.5 Å². The number of esters is 3. The first-order valence-corrected chi connectivity index (χ1v) is 26.2. The summed E-state index contributed by atoms with van der Waals surface area (Å²) in [5.41, 5.74) is 1.00. The van der Waals surface area contributed by atoms with E-state index in [0.29, 0.717) is 32.1 Å². The molecular formula is C54H88N2O9. The van der Waals surface area contributed by atoms with E-state index in [4.69, 9.17) is 14.2 Å². The van der Waals surface area contributed by atoms with Crippen LogP contribution in [0, 0.1) is 5.92 Å². The van der Waals surface area contributed by atoms with E-state index < -0.39 is 48.0 Å². The Morgan fingerprint density at radius 3 is 1.60 bits per heavy atom. The Morgan fingerprint density at radius 1 is 0.677 bits per heavy atom. The number of unbranched alkanes of at least 4 members (excludes halogenated alkanes) is 22. The molecule has 1 aromatic carbocycles. The molecule has 11 nitrogen and oxygen atoms in total. The molecule has 1 aliphatic heterocycles. The largest absolute Gasteiger partial charge is 0.480 e. The number of hydrogen-bond donors (Lipinski definition) is 2. The van der Waals surface area contributed by atoms with Gasteiger partial charge in [0.25, 0.3) is 0 Å². The first kappa shape index (κ1) is 55.6. The van der Waals surface area contributed by atoms with Crippen molar-refractivity contribution in [1.82, 2.24) is 10.2 Å². The molecule has 1 heterocycles. The fraction of sp³-hybridized carbons (Fsp3) is 0.759. The lowest BCUT2D eigenvalue weighted by Gasteiger charge is -2.32. The van der Waals surface area contributed by atoms with Crippen molar-refractivity contribution in [1.29, 1.82) is 0 Å². The number of likely N-dealkylation sites (tertiary alicyclic amines) is 1. The van der Waals surface area contributed by atoms with E-state index in [0.717, 1.165) is 44.1 Å². The number of fused-ring (bicyclic) bond motifs is 1. The number of carbonyl (C=O) groups is 5. The number of allylic oxidation sites excluding steroid dienone is 1. The fourth-order valence-electron chi connectivity index (χ4n) is 9.29. The highest BCUT2D eigenvalue weighted by atomic mass is 16.6. The van der Waals surface area contributed by atoms with Crippen LogP contribution in [-0.4, -0.2) is 83.3 Å². The minimum Gasteiger partial charge on any atom is -0.480 e.